The van der Waals surface area contributed by atoms with Crippen molar-refractivity contribution < 1.29 is 0 Å². The molecular weight excluding hydrogens is 676 g/mol. The quantitative estimate of drug-likeness (QED) is 0.225. The molecule has 0 saturated heterocycles. The number of benzene rings is 4. The fraction of sp³-hybridized carbons (Fsp3) is 0. The van der Waals surface area contributed by atoms with Crippen molar-refractivity contribution in [2.75, 3.05) is 0 Å². The van der Waals surface area contributed by atoms with Crippen molar-refractivity contribution in [3.05, 3.63) is 97.1 Å². The molecule has 0 spiro atoms. The van der Waals surface area contributed by atoms with Crippen LogP contribution in [0.1, 0.15) is 0 Å². The zero-order valence-corrected chi connectivity index (χ0v) is 21.6. The van der Waals surface area contributed by atoms with Crippen molar-refractivity contribution >= 4 is 95.8 Å². The SMILES string of the molecule is II.c1ccc([Se]c2cccc3cccc([Se]c4ccccc4)c23)cc1. The van der Waals surface area contributed by atoms with Gasteiger partial charge in [0.15, 0.2) is 0 Å². The van der Waals surface area contributed by atoms with Crippen LogP contribution in [0.15, 0.2) is 97.1 Å². The van der Waals surface area contributed by atoms with Crippen LogP contribution < -0.4 is 17.8 Å². The van der Waals surface area contributed by atoms with Gasteiger partial charge in [0.2, 0.25) is 0 Å². The summed E-state index contributed by atoms with van der Waals surface area (Å²) in [5.41, 5.74) is 0. The summed E-state index contributed by atoms with van der Waals surface area (Å²) in [4.78, 5) is 0. The number of fused-ring (bicyclic) bond motifs is 1. The summed E-state index contributed by atoms with van der Waals surface area (Å²) in [6.07, 6.45) is 0. The van der Waals surface area contributed by atoms with Crippen LogP contribution in [0.5, 0.6) is 0 Å². The van der Waals surface area contributed by atoms with Gasteiger partial charge in [-0.25, -0.2) is 0 Å². The zero-order valence-electron chi connectivity index (χ0n) is 13.8. The molecule has 0 N–H and O–H groups in total. The van der Waals surface area contributed by atoms with E-state index in [-0.39, 0.29) is 0 Å². The van der Waals surface area contributed by atoms with E-state index in [0.717, 1.165) is 0 Å². The predicted molar refractivity (Wildman–Crippen MR) is 135 cm³/mol. The third-order valence-corrected chi connectivity index (χ3v) is 8.25. The number of rotatable bonds is 4. The first-order chi connectivity index (χ1) is 12.9. The van der Waals surface area contributed by atoms with Crippen LogP contribution in [0.2, 0.25) is 0 Å². The summed E-state index contributed by atoms with van der Waals surface area (Å²) >= 11 is 4.91. The zero-order chi connectivity index (χ0) is 18.2. The van der Waals surface area contributed by atoms with Gasteiger partial charge in [0.05, 0.1) is 0 Å². The summed E-state index contributed by atoms with van der Waals surface area (Å²) in [6, 6.07) is 35.2. The van der Waals surface area contributed by atoms with Gasteiger partial charge < -0.3 is 0 Å². The van der Waals surface area contributed by atoms with Crippen LogP contribution in [0.25, 0.3) is 10.8 Å². The van der Waals surface area contributed by atoms with E-state index in [9.17, 15) is 0 Å². The molecule has 0 nitrogen and oxygen atoms in total. The second-order valence-corrected chi connectivity index (χ2v) is 10.1. The Bertz CT molecular complexity index is 881. The molecular formula is C22H16I2Se2. The molecule has 0 aliphatic rings. The van der Waals surface area contributed by atoms with Crippen LogP contribution in [-0.4, -0.2) is 29.9 Å². The molecule has 26 heavy (non-hydrogen) atoms. The molecule has 0 amide bonds. The molecule has 0 aliphatic carbocycles. The molecule has 0 saturated carbocycles. The maximum atomic E-state index is 2.31. The summed E-state index contributed by atoms with van der Waals surface area (Å²) in [7, 11) is 0. The molecule has 130 valence electrons. The predicted octanol–water partition coefficient (Wildman–Crippen LogP) is 3.92. The third kappa shape index (κ3) is 5.34. The van der Waals surface area contributed by atoms with Crippen LogP contribution in [0.4, 0.5) is 0 Å². The molecule has 0 atom stereocenters. The average Bonchev–Trinajstić information content (AvgIpc) is 2.71. The summed E-state index contributed by atoms with van der Waals surface area (Å²) in [6.45, 7) is 0. The second kappa shape index (κ2) is 10.8. The van der Waals surface area contributed by atoms with Crippen molar-refractivity contribution in [1.29, 1.82) is 0 Å². The van der Waals surface area contributed by atoms with Crippen molar-refractivity contribution in [3.8, 4) is 0 Å². The topological polar surface area (TPSA) is 0 Å². The molecule has 0 aliphatic heterocycles. The first-order valence-electron chi connectivity index (χ1n) is 8.02. The monoisotopic (exact) mass is 694 g/mol. The Morgan fingerprint density at radius 2 is 0.885 bits per heavy atom. The van der Waals surface area contributed by atoms with Gasteiger partial charge >= 0.3 is 156 Å². The molecule has 0 bridgehead atoms. The standard InChI is InChI=1S/C22H16Se2.I2/c1-3-11-18(12-4-1)23-20-15-7-9-17-10-8-16-21(22(17)20)24-19-13-5-2-6-14-19;1-2/h1-16H;. The Hall–Kier alpha value is -0.361. The second-order valence-electron chi connectivity index (χ2n) is 5.44. The Morgan fingerprint density at radius 1 is 0.462 bits per heavy atom. The van der Waals surface area contributed by atoms with Crippen LogP contribution >= 0.6 is 37.2 Å². The summed E-state index contributed by atoms with van der Waals surface area (Å²) < 4.78 is 5.83. The summed E-state index contributed by atoms with van der Waals surface area (Å²) in [5, 5.41) is 2.83. The van der Waals surface area contributed by atoms with Gasteiger partial charge in [-0.2, -0.15) is 0 Å². The van der Waals surface area contributed by atoms with E-state index >= 15 is 0 Å². The Morgan fingerprint density at radius 3 is 1.31 bits per heavy atom. The van der Waals surface area contributed by atoms with E-state index in [0.29, 0.717) is 29.9 Å². The van der Waals surface area contributed by atoms with Crippen molar-refractivity contribution in [2.24, 2.45) is 0 Å². The minimum atomic E-state index is 0.337. The van der Waals surface area contributed by atoms with E-state index in [2.05, 4.69) is 134 Å². The maximum absolute atomic E-state index is 2.31. The first-order valence-corrected chi connectivity index (χ1v) is 17.7. The van der Waals surface area contributed by atoms with E-state index in [1.165, 1.54) is 28.6 Å². The van der Waals surface area contributed by atoms with Crippen LogP contribution in [-0.2, 0) is 0 Å². The molecule has 4 aromatic rings. The van der Waals surface area contributed by atoms with Crippen molar-refractivity contribution in [1.82, 2.24) is 0 Å². The molecule has 4 rings (SSSR count). The van der Waals surface area contributed by atoms with Crippen LogP contribution in [0.3, 0.4) is 0 Å². The van der Waals surface area contributed by atoms with Gasteiger partial charge in [0.1, 0.15) is 0 Å². The van der Waals surface area contributed by atoms with Gasteiger partial charge in [-0.1, -0.05) is 0 Å². The van der Waals surface area contributed by atoms with Gasteiger partial charge in [-0.3, -0.25) is 0 Å². The van der Waals surface area contributed by atoms with Crippen molar-refractivity contribution in [2.45, 2.75) is 0 Å². The molecule has 0 radical (unpaired) electrons. The van der Waals surface area contributed by atoms with Gasteiger partial charge in [-0.15, -0.1) is 0 Å². The average molecular weight is 692 g/mol. The fourth-order valence-electron chi connectivity index (χ4n) is 2.67. The molecule has 0 unspecified atom stereocenters. The normalized spacial score (nSPS) is 10.2. The molecule has 0 heterocycles. The van der Waals surface area contributed by atoms with Crippen LogP contribution in [0, 0.1) is 0 Å². The molecule has 0 fully saturated rings. The van der Waals surface area contributed by atoms with Crippen molar-refractivity contribution in [3.63, 3.8) is 0 Å². The van der Waals surface area contributed by atoms with E-state index in [4.69, 9.17) is 0 Å². The van der Waals surface area contributed by atoms with E-state index in [1.54, 1.807) is 0 Å². The number of halogens is 2. The summed E-state index contributed by atoms with van der Waals surface area (Å²) in [5.74, 6) is 0. The van der Waals surface area contributed by atoms with E-state index in [1.807, 2.05) is 0 Å². The molecule has 4 heteroatoms. The Kier molecular flexibility index (Phi) is 8.49. The first kappa shape index (κ1) is 20.4. The Balaban J connectivity index is 0.000000948. The number of hydrogen-bond donors (Lipinski definition) is 0. The van der Waals surface area contributed by atoms with E-state index < -0.39 is 0 Å². The third-order valence-electron chi connectivity index (χ3n) is 3.77. The van der Waals surface area contributed by atoms with Gasteiger partial charge in [0.25, 0.3) is 0 Å². The van der Waals surface area contributed by atoms with Gasteiger partial charge in [-0.05, 0) is 0 Å². The fourth-order valence-corrected chi connectivity index (χ4v) is 7.30. The molecule has 4 aromatic carbocycles. The Labute approximate surface area is 190 Å². The minimum absolute atomic E-state index is 0.337. The number of hydrogen-bond acceptors (Lipinski definition) is 0. The molecule has 0 aromatic heterocycles. The van der Waals surface area contributed by atoms with Gasteiger partial charge in [0, 0.05) is 37.2 Å².